The first-order valence-electron chi connectivity index (χ1n) is 9.72. The number of amides is 2. The monoisotopic (exact) mass is 360 g/mol. The standard InChI is InChI=1S/C21H32N2O3/c1-4-21(19(24)26-3,15-17-11-7-5-8-12-17)23-20(25)22-16(2)18-13-9-6-10-14-18/h6,9-10,13-14,16-17H,4-5,7-8,11-12,15H2,1-3H3,(H2,22,23,25)/t16-,21+/m1/s1. The zero-order chi connectivity index (χ0) is 19.0. The van der Waals surface area contributed by atoms with Crippen molar-refractivity contribution in [1.29, 1.82) is 0 Å². The number of ether oxygens (including phenoxy) is 1. The number of nitrogens with one attached hydrogen (secondary N) is 2. The molecule has 26 heavy (non-hydrogen) atoms. The molecule has 5 nitrogen and oxygen atoms in total. The van der Waals surface area contributed by atoms with Gasteiger partial charge in [0.15, 0.2) is 0 Å². The van der Waals surface area contributed by atoms with E-state index in [9.17, 15) is 9.59 Å². The molecule has 2 N–H and O–H groups in total. The van der Waals surface area contributed by atoms with Gasteiger partial charge >= 0.3 is 12.0 Å². The summed E-state index contributed by atoms with van der Waals surface area (Å²) in [4.78, 5) is 25.2. The zero-order valence-corrected chi connectivity index (χ0v) is 16.2. The van der Waals surface area contributed by atoms with Crippen molar-refractivity contribution >= 4 is 12.0 Å². The molecule has 2 rings (SSSR count). The molecule has 2 amide bonds. The van der Waals surface area contributed by atoms with E-state index >= 15 is 0 Å². The van der Waals surface area contributed by atoms with Crippen LogP contribution < -0.4 is 10.6 Å². The lowest BCUT2D eigenvalue weighted by molar-refractivity contribution is -0.149. The normalized spacial score (nSPS) is 18.4. The van der Waals surface area contributed by atoms with Crippen molar-refractivity contribution < 1.29 is 14.3 Å². The van der Waals surface area contributed by atoms with Gasteiger partial charge in [-0.25, -0.2) is 9.59 Å². The van der Waals surface area contributed by atoms with Gasteiger partial charge in [-0.1, -0.05) is 69.4 Å². The highest BCUT2D eigenvalue weighted by molar-refractivity contribution is 5.87. The van der Waals surface area contributed by atoms with E-state index in [0.29, 0.717) is 18.8 Å². The van der Waals surface area contributed by atoms with Crippen LogP contribution in [0, 0.1) is 5.92 Å². The van der Waals surface area contributed by atoms with Crippen molar-refractivity contribution in [1.82, 2.24) is 10.6 Å². The predicted molar refractivity (Wildman–Crippen MR) is 103 cm³/mol. The predicted octanol–water partition coefficient (Wildman–Crippen LogP) is 4.34. The number of carbonyl (C=O) groups excluding carboxylic acids is 2. The Morgan fingerprint density at radius 2 is 1.85 bits per heavy atom. The minimum atomic E-state index is -0.961. The van der Waals surface area contributed by atoms with Crippen LogP contribution >= 0.6 is 0 Å². The fourth-order valence-electron chi connectivity index (χ4n) is 3.92. The topological polar surface area (TPSA) is 67.4 Å². The van der Waals surface area contributed by atoms with E-state index in [0.717, 1.165) is 18.4 Å². The summed E-state index contributed by atoms with van der Waals surface area (Å²) >= 11 is 0. The highest BCUT2D eigenvalue weighted by Gasteiger charge is 2.41. The van der Waals surface area contributed by atoms with Crippen LogP contribution in [0.2, 0.25) is 0 Å². The fraction of sp³-hybridized carbons (Fsp3) is 0.619. The first-order valence-corrected chi connectivity index (χ1v) is 9.72. The maximum absolute atomic E-state index is 12.6. The molecule has 0 aromatic heterocycles. The molecule has 0 unspecified atom stereocenters. The lowest BCUT2D eigenvalue weighted by Crippen LogP contribution is -2.58. The number of urea groups is 1. The molecule has 5 heteroatoms. The van der Waals surface area contributed by atoms with Crippen LogP contribution in [0.1, 0.15) is 70.4 Å². The van der Waals surface area contributed by atoms with Crippen molar-refractivity contribution in [2.45, 2.75) is 70.4 Å². The SMILES string of the molecule is CC[C@@](CC1CCCCC1)(NC(=O)N[C@H](C)c1ccccc1)C(=O)OC. The Kier molecular flexibility index (Phi) is 7.49. The molecule has 1 aliphatic rings. The lowest BCUT2D eigenvalue weighted by atomic mass is 9.78. The number of hydrogen-bond donors (Lipinski definition) is 2. The van der Waals surface area contributed by atoms with Crippen molar-refractivity contribution in [2.24, 2.45) is 5.92 Å². The smallest absolute Gasteiger partial charge is 0.331 e. The molecule has 1 aliphatic carbocycles. The largest absolute Gasteiger partial charge is 0.467 e. The average molecular weight is 360 g/mol. The van der Waals surface area contributed by atoms with E-state index in [1.807, 2.05) is 44.2 Å². The Bertz CT molecular complexity index is 584. The van der Waals surface area contributed by atoms with E-state index in [2.05, 4.69) is 10.6 Å². The molecule has 1 aromatic carbocycles. The van der Waals surface area contributed by atoms with Crippen LogP contribution in [-0.2, 0) is 9.53 Å². The molecule has 144 valence electrons. The van der Waals surface area contributed by atoms with Crippen LogP contribution in [0.25, 0.3) is 0 Å². The van der Waals surface area contributed by atoms with Gasteiger partial charge in [-0.15, -0.1) is 0 Å². The van der Waals surface area contributed by atoms with Crippen LogP contribution in [0.5, 0.6) is 0 Å². The van der Waals surface area contributed by atoms with Crippen LogP contribution in [0.4, 0.5) is 4.79 Å². The number of benzene rings is 1. The molecule has 0 spiro atoms. The van der Waals surface area contributed by atoms with Crippen LogP contribution in [0.15, 0.2) is 30.3 Å². The summed E-state index contributed by atoms with van der Waals surface area (Å²) < 4.78 is 5.06. The molecule has 1 fully saturated rings. The summed E-state index contributed by atoms with van der Waals surface area (Å²) in [6.45, 7) is 3.86. The molecule has 0 heterocycles. The third kappa shape index (κ3) is 5.23. The number of hydrogen-bond acceptors (Lipinski definition) is 3. The van der Waals surface area contributed by atoms with E-state index < -0.39 is 5.54 Å². The van der Waals surface area contributed by atoms with Gasteiger partial charge in [0, 0.05) is 0 Å². The second-order valence-corrected chi connectivity index (χ2v) is 7.37. The Hall–Kier alpha value is -2.04. The van der Waals surface area contributed by atoms with Crippen molar-refractivity contribution in [2.75, 3.05) is 7.11 Å². The van der Waals surface area contributed by atoms with Crippen molar-refractivity contribution in [3.8, 4) is 0 Å². The molecule has 1 saturated carbocycles. The van der Waals surface area contributed by atoms with Crippen LogP contribution in [-0.4, -0.2) is 24.6 Å². The van der Waals surface area contributed by atoms with Gasteiger partial charge < -0.3 is 15.4 Å². The van der Waals surface area contributed by atoms with Crippen molar-refractivity contribution in [3.63, 3.8) is 0 Å². The summed E-state index contributed by atoms with van der Waals surface area (Å²) in [5.74, 6) is 0.0998. The number of rotatable bonds is 7. The van der Waals surface area contributed by atoms with Crippen molar-refractivity contribution in [3.05, 3.63) is 35.9 Å². The number of esters is 1. The third-order valence-corrected chi connectivity index (χ3v) is 5.54. The van der Waals surface area contributed by atoms with Gasteiger partial charge in [0.2, 0.25) is 0 Å². The first kappa shape index (κ1) is 20.3. The Labute approximate surface area is 156 Å². The molecule has 0 bridgehead atoms. The molecule has 2 atom stereocenters. The Morgan fingerprint density at radius 3 is 2.42 bits per heavy atom. The lowest BCUT2D eigenvalue weighted by Gasteiger charge is -2.36. The van der Waals surface area contributed by atoms with Gasteiger partial charge in [-0.05, 0) is 31.2 Å². The molecule has 0 aliphatic heterocycles. The third-order valence-electron chi connectivity index (χ3n) is 5.54. The maximum Gasteiger partial charge on any atom is 0.331 e. The Morgan fingerprint density at radius 1 is 1.19 bits per heavy atom. The summed E-state index contributed by atoms with van der Waals surface area (Å²) in [5, 5.41) is 5.90. The summed E-state index contributed by atoms with van der Waals surface area (Å²) in [7, 11) is 1.39. The van der Waals surface area contributed by atoms with E-state index in [-0.39, 0.29) is 18.0 Å². The van der Waals surface area contributed by atoms with Crippen LogP contribution in [0.3, 0.4) is 0 Å². The second-order valence-electron chi connectivity index (χ2n) is 7.37. The fourth-order valence-corrected chi connectivity index (χ4v) is 3.92. The molecule has 0 radical (unpaired) electrons. The summed E-state index contributed by atoms with van der Waals surface area (Å²) in [5.41, 5.74) is 0.0622. The maximum atomic E-state index is 12.6. The van der Waals surface area contributed by atoms with Gasteiger partial charge in [-0.2, -0.15) is 0 Å². The molecular weight excluding hydrogens is 328 g/mol. The van der Waals surface area contributed by atoms with E-state index in [1.165, 1.54) is 26.4 Å². The quantitative estimate of drug-likeness (QED) is 0.711. The number of methoxy groups -OCH3 is 1. The molecular formula is C21H32N2O3. The minimum absolute atomic E-state index is 0.141. The molecule has 0 saturated heterocycles. The van der Waals surface area contributed by atoms with E-state index in [1.54, 1.807) is 0 Å². The van der Waals surface area contributed by atoms with Gasteiger partial charge in [-0.3, -0.25) is 0 Å². The first-order chi connectivity index (χ1) is 12.5. The molecule has 1 aromatic rings. The highest BCUT2D eigenvalue weighted by Crippen LogP contribution is 2.33. The summed E-state index contributed by atoms with van der Waals surface area (Å²) in [6, 6.07) is 9.31. The zero-order valence-electron chi connectivity index (χ0n) is 16.2. The van der Waals surface area contributed by atoms with Gasteiger partial charge in [0.1, 0.15) is 5.54 Å². The Balaban J connectivity index is 2.06. The summed E-state index contributed by atoms with van der Waals surface area (Å²) in [6.07, 6.45) is 7.04. The van der Waals surface area contributed by atoms with Gasteiger partial charge in [0.05, 0.1) is 13.2 Å². The second kappa shape index (κ2) is 9.60. The number of carbonyl (C=O) groups is 2. The average Bonchev–Trinajstić information content (AvgIpc) is 2.68. The highest BCUT2D eigenvalue weighted by atomic mass is 16.5. The van der Waals surface area contributed by atoms with Gasteiger partial charge in [0.25, 0.3) is 0 Å². The van der Waals surface area contributed by atoms with E-state index in [4.69, 9.17) is 4.74 Å². The minimum Gasteiger partial charge on any atom is -0.467 e.